The van der Waals surface area contributed by atoms with Crippen LogP contribution in [0.3, 0.4) is 0 Å². The summed E-state index contributed by atoms with van der Waals surface area (Å²) in [5, 5.41) is 16.3. The molecule has 140 valence electrons. The van der Waals surface area contributed by atoms with Gasteiger partial charge < -0.3 is 5.32 Å². The number of anilines is 1. The van der Waals surface area contributed by atoms with Crippen LogP contribution < -0.4 is 5.32 Å². The van der Waals surface area contributed by atoms with E-state index in [0.717, 1.165) is 36.9 Å². The van der Waals surface area contributed by atoms with E-state index in [9.17, 15) is 13.2 Å². The number of hydrogen-bond donors (Lipinski definition) is 1. The van der Waals surface area contributed by atoms with Crippen LogP contribution in [0.5, 0.6) is 0 Å². The molecule has 0 spiro atoms. The van der Waals surface area contributed by atoms with E-state index in [-0.39, 0.29) is 23.5 Å². The molecule has 0 radical (unpaired) electrons. The van der Waals surface area contributed by atoms with Gasteiger partial charge in [-0.15, -0.1) is 0 Å². The van der Waals surface area contributed by atoms with Crippen molar-refractivity contribution in [2.45, 2.75) is 38.1 Å². The third kappa shape index (κ3) is 3.47. The number of sulfone groups is 1. The van der Waals surface area contributed by atoms with Gasteiger partial charge in [-0.2, -0.15) is 10.4 Å². The number of carbonyl (C=O) groups excluding carboxylic acids is 1. The minimum absolute atomic E-state index is 0.0950. The first-order valence-corrected chi connectivity index (χ1v) is 10.9. The van der Waals surface area contributed by atoms with E-state index < -0.39 is 9.84 Å². The fourth-order valence-electron chi connectivity index (χ4n) is 3.90. The Kier molecular flexibility index (Phi) is 4.48. The van der Waals surface area contributed by atoms with Crippen LogP contribution in [0, 0.1) is 11.3 Å². The molecule has 1 aliphatic heterocycles. The molecule has 27 heavy (non-hydrogen) atoms. The fraction of sp³-hybridized carbons (Fsp3) is 0.421. The van der Waals surface area contributed by atoms with Crippen LogP contribution >= 0.6 is 0 Å². The van der Waals surface area contributed by atoms with E-state index in [1.807, 2.05) is 6.07 Å². The van der Waals surface area contributed by atoms with Gasteiger partial charge in [-0.3, -0.25) is 9.48 Å². The molecule has 2 aliphatic rings. The molecular formula is C19H20N4O3S. The number of nitriles is 1. The van der Waals surface area contributed by atoms with Crippen LogP contribution in [0.2, 0.25) is 0 Å². The molecule has 8 heteroatoms. The zero-order valence-corrected chi connectivity index (χ0v) is 15.6. The van der Waals surface area contributed by atoms with E-state index in [4.69, 9.17) is 5.26 Å². The maximum absolute atomic E-state index is 12.8. The van der Waals surface area contributed by atoms with Crippen LogP contribution in [0.1, 0.15) is 52.6 Å². The summed E-state index contributed by atoms with van der Waals surface area (Å²) in [4.78, 5) is 12.8. The summed E-state index contributed by atoms with van der Waals surface area (Å²) >= 11 is 0. The molecule has 2 heterocycles. The predicted molar refractivity (Wildman–Crippen MR) is 100 cm³/mol. The second-order valence-electron chi connectivity index (χ2n) is 7.13. The van der Waals surface area contributed by atoms with E-state index in [1.54, 1.807) is 28.9 Å². The normalized spacial score (nSPS) is 20.6. The zero-order valence-electron chi connectivity index (χ0n) is 14.8. The van der Waals surface area contributed by atoms with Crippen molar-refractivity contribution < 1.29 is 13.2 Å². The number of carbonyl (C=O) groups is 1. The van der Waals surface area contributed by atoms with Crippen LogP contribution in [0.25, 0.3) is 0 Å². The summed E-state index contributed by atoms with van der Waals surface area (Å²) in [6.45, 7) is 0. The highest BCUT2D eigenvalue weighted by atomic mass is 32.2. The van der Waals surface area contributed by atoms with Crippen molar-refractivity contribution in [2.75, 3.05) is 16.8 Å². The second kappa shape index (κ2) is 6.82. The molecule has 1 atom stereocenters. The lowest BCUT2D eigenvalue weighted by Crippen LogP contribution is -2.17. The van der Waals surface area contributed by atoms with Gasteiger partial charge in [-0.1, -0.05) is 0 Å². The Bertz CT molecular complexity index is 1030. The van der Waals surface area contributed by atoms with Crippen LogP contribution in [0.4, 0.5) is 5.69 Å². The molecule has 1 amide bonds. The topological polar surface area (TPSA) is 105 Å². The highest BCUT2D eigenvalue weighted by molar-refractivity contribution is 7.91. The summed E-state index contributed by atoms with van der Waals surface area (Å²) in [5.41, 5.74) is 3.46. The maximum atomic E-state index is 12.8. The van der Waals surface area contributed by atoms with Gasteiger partial charge in [0, 0.05) is 16.9 Å². The van der Waals surface area contributed by atoms with E-state index in [1.165, 1.54) is 0 Å². The van der Waals surface area contributed by atoms with E-state index in [0.29, 0.717) is 23.4 Å². The van der Waals surface area contributed by atoms with Crippen molar-refractivity contribution in [2.24, 2.45) is 0 Å². The smallest absolute Gasteiger partial charge is 0.276 e. The van der Waals surface area contributed by atoms with Gasteiger partial charge in [0.2, 0.25) is 0 Å². The summed E-state index contributed by atoms with van der Waals surface area (Å²) in [7, 11) is -3.02. The van der Waals surface area contributed by atoms with Crippen LogP contribution in [-0.4, -0.2) is 35.6 Å². The molecule has 0 bridgehead atoms. The molecule has 0 saturated carbocycles. The quantitative estimate of drug-likeness (QED) is 0.874. The SMILES string of the molecule is N#Cc1ccc(NC(=O)c2nn([C@@H]3CCS(=O)(=O)C3)c3c2CCCC3)cc1. The molecule has 1 aliphatic carbocycles. The number of fused-ring (bicyclic) bond motifs is 1. The Hall–Kier alpha value is -2.66. The number of nitrogens with zero attached hydrogens (tertiary/aromatic N) is 3. The van der Waals surface area contributed by atoms with Crippen LogP contribution in [0.15, 0.2) is 24.3 Å². The van der Waals surface area contributed by atoms with Gasteiger partial charge in [0.15, 0.2) is 15.5 Å². The Balaban J connectivity index is 1.64. The first-order chi connectivity index (χ1) is 13.0. The molecular weight excluding hydrogens is 364 g/mol. The summed E-state index contributed by atoms with van der Waals surface area (Å²) in [6, 6.07) is 8.52. The predicted octanol–water partition coefficient (Wildman–Crippen LogP) is 2.25. The molecule has 1 saturated heterocycles. The molecule has 1 N–H and O–H groups in total. The van der Waals surface area contributed by atoms with Crippen molar-refractivity contribution in [3.05, 3.63) is 46.8 Å². The summed E-state index contributed by atoms with van der Waals surface area (Å²) in [5.74, 6) is -0.0193. The lowest BCUT2D eigenvalue weighted by atomic mass is 9.95. The van der Waals surface area contributed by atoms with Gasteiger partial charge in [0.1, 0.15) is 0 Å². The Morgan fingerprint density at radius 1 is 1.22 bits per heavy atom. The van der Waals surface area contributed by atoms with Crippen LogP contribution in [-0.2, 0) is 22.7 Å². The van der Waals surface area contributed by atoms with Gasteiger partial charge >= 0.3 is 0 Å². The van der Waals surface area contributed by atoms with Crippen molar-refractivity contribution in [1.82, 2.24) is 9.78 Å². The third-order valence-corrected chi connectivity index (χ3v) is 7.00. The Morgan fingerprint density at radius 3 is 2.63 bits per heavy atom. The lowest BCUT2D eigenvalue weighted by Gasteiger charge is -2.17. The van der Waals surface area contributed by atoms with Gasteiger partial charge in [-0.05, 0) is 56.4 Å². The first kappa shape index (κ1) is 17.7. The summed E-state index contributed by atoms with van der Waals surface area (Å²) < 4.78 is 25.5. The van der Waals surface area contributed by atoms with Crippen molar-refractivity contribution in [1.29, 1.82) is 5.26 Å². The molecule has 1 fully saturated rings. The average molecular weight is 384 g/mol. The molecule has 0 unspecified atom stereocenters. The van der Waals surface area contributed by atoms with E-state index in [2.05, 4.69) is 10.4 Å². The molecule has 1 aromatic carbocycles. The Labute approximate surface area is 157 Å². The number of benzene rings is 1. The van der Waals surface area contributed by atoms with Gasteiger partial charge in [0.05, 0.1) is 29.2 Å². The lowest BCUT2D eigenvalue weighted by molar-refractivity contribution is 0.102. The average Bonchev–Trinajstić information content (AvgIpc) is 3.22. The molecule has 1 aromatic heterocycles. The number of amides is 1. The highest BCUT2D eigenvalue weighted by Crippen LogP contribution is 2.31. The fourth-order valence-corrected chi connectivity index (χ4v) is 5.59. The first-order valence-electron chi connectivity index (χ1n) is 9.09. The minimum Gasteiger partial charge on any atom is -0.321 e. The number of hydrogen-bond acceptors (Lipinski definition) is 5. The Morgan fingerprint density at radius 2 is 1.96 bits per heavy atom. The van der Waals surface area contributed by atoms with Crippen molar-refractivity contribution in [3.8, 4) is 6.07 Å². The second-order valence-corrected chi connectivity index (χ2v) is 9.35. The number of aromatic nitrogens is 2. The molecule has 4 rings (SSSR count). The molecule has 2 aromatic rings. The standard InChI is InChI=1S/C19H20N4O3S/c20-11-13-5-7-14(8-6-13)21-19(24)18-16-3-1-2-4-17(16)23(22-18)15-9-10-27(25,26)12-15/h5-8,15H,1-4,9-10,12H2,(H,21,24)/t15-/m1/s1. The van der Waals surface area contributed by atoms with Crippen molar-refractivity contribution in [3.63, 3.8) is 0 Å². The highest BCUT2D eigenvalue weighted by Gasteiger charge is 2.34. The maximum Gasteiger partial charge on any atom is 0.276 e. The third-order valence-electron chi connectivity index (χ3n) is 5.25. The summed E-state index contributed by atoms with van der Waals surface area (Å²) in [6.07, 6.45) is 4.18. The van der Waals surface area contributed by atoms with Gasteiger partial charge in [0.25, 0.3) is 5.91 Å². The zero-order chi connectivity index (χ0) is 19.0. The minimum atomic E-state index is -3.02. The number of rotatable bonds is 3. The largest absolute Gasteiger partial charge is 0.321 e. The monoisotopic (exact) mass is 384 g/mol. The van der Waals surface area contributed by atoms with E-state index >= 15 is 0 Å². The number of nitrogens with one attached hydrogen (secondary N) is 1. The van der Waals surface area contributed by atoms with Gasteiger partial charge in [-0.25, -0.2) is 8.42 Å². The van der Waals surface area contributed by atoms with Crippen molar-refractivity contribution >= 4 is 21.4 Å². The molecule has 7 nitrogen and oxygen atoms in total.